The Morgan fingerprint density at radius 3 is 2.29 bits per heavy atom. The van der Waals surface area contributed by atoms with Gasteiger partial charge < -0.3 is 10.0 Å². The van der Waals surface area contributed by atoms with Crippen LogP contribution < -0.4 is 0 Å². The summed E-state index contributed by atoms with van der Waals surface area (Å²) in [5.74, 6) is -0.887. The Bertz CT molecular complexity index is 406. The highest BCUT2D eigenvalue weighted by atomic mass is 16.4. The zero-order valence-electron chi connectivity index (χ0n) is 12.7. The van der Waals surface area contributed by atoms with E-state index in [0.717, 1.165) is 25.9 Å². The Morgan fingerprint density at radius 1 is 0.905 bits per heavy atom. The summed E-state index contributed by atoms with van der Waals surface area (Å²) in [6, 6.07) is 0.533. The summed E-state index contributed by atoms with van der Waals surface area (Å²) in [6.45, 7) is 4.07. The van der Waals surface area contributed by atoms with Crippen LogP contribution in [-0.2, 0) is 9.59 Å². The lowest BCUT2D eigenvalue weighted by molar-refractivity contribution is -0.141. The minimum absolute atomic E-state index is 0.0498. The average molecular weight is 294 g/mol. The fourth-order valence-corrected chi connectivity index (χ4v) is 4.21. The van der Waals surface area contributed by atoms with E-state index in [1.165, 1.54) is 32.4 Å². The molecule has 1 amide bonds. The Labute approximate surface area is 126 Å². The molecule has 3 rings (SSSR count). The molecular formula is C16H26N2O3. The minimum atomic E-state index is -0.738. The van der Waals surface area contributed by atoms with Crippen molar-refractivity contribution in [2.75, 3.05) is 26.2 Å². The molecule has 2 saturated heterocycles. The predicted molar refractivity (Wildman–Crippen MR) is 78.9 cm³/mol. The lowest BCUT2D eigenvalue weighted by Crippen LogP contribution is -2.42. The summed E-state index contributed by atoms with van der Waals surface area (Å²) < 4.78 is 0. The summed E-state index contributed by atoms with van der Waals surface area (Å²) in [7, 11) is 0. The smallest absolute Gasteiger partial charge is 0.306 e. The first-order valence-corrected chi connectivity index (χ1v) is 8.41. The number of hydrogen-bond acceptors (Lipinski definition) is 3. The molecule has 1 saturated carbocycles. The van der Waals surface area contributed by atoms with Gasteiger partial charge in [0, 0.05) is 25.0 Å². The highest BCUT2D eigenvalue weighted by Gasteiger charge is 2.38. The fraction of sp³-hybridized carbons (Fsp3) is 0.875. The molecule has 5 heteroatoms. The standard InChI is InChI=1S/C16H26N2O3/c19-15(12-4-5-13(10-12)16(20)21)18-9-6-14(11-18)17-7-2-1-3-8-17/h12-14H,1-11H2,(H,20,21)/t12-,13+,14?/m1/s1. The molecule has 2 heterocycles. The van der Waals surface area contributed by atoms with Gasteiger partial charge in [0.05, 0.1) is 5.92 Å². The number of piperidine rings is 1. The van der Waals surface area contributed by atoms with E-state index >= 15 is 0 Å². The van der Waals surface area contributed by atoms with Crippen molar-refractivity contribution in [3.05, 3.63) is 0 Å². The van der Waals surface area contributed by atoms with Crippen molar-refractivity contribution in [1.29, 1.82) is 0 Å². The van der Waals surface area contributed by atoms with Gasteiger partial charge in [0.2, 0.25) is 5.91 Å². The van der Waals surface area contributed by atoms with Crippen LogP contribution in [0.2, 0.25) is 0 Å². The number of likely N-dealkylation sites (tertiary alicyclic amines) is 2. The van der Waals surface area contributed by atoms with Gasteiger partial charge in [-0.15, -0.1) is 0 Å². The van der Waals surface area contributed by atoms with Crippen molar-refractivity contribution in [3.63, 3.8) is 0 Å². The summed E-state index contributed by atoms with van der Waals surface area (Å²) in [5, 5.41) is 9.06. The Kier molecular flexibility index (Phi) is 4.48. The van der Waals surface area contributed by atoms with Crippen LogP contribution in [0, 0.1) is 11.8 Å². The maximum Gasteiger partial charge on any atom is 0.306 e. The van der Waals surface area contributed by atoms with Crippen molar-refractivity contribution in [3.8, 4) is 0 Å². The third-order valence-corrected chi connectivity index (χ3v) is 5.51. The molecule has 0 aromatic heterocycles. The van der Waals surface area contributed by atoms with E-state index < -0.39 is 5.97 Å². The van der Waals surface area contributed by atoms with Gasteiger partial charge in [0.15, 0.2) is 0 Å². The third kappa shape index (κ3) is 3.23. The van der Waals surface area contributed by atoms with E-state index in [-0.39, 0.29) is 17.7 Å². The highest BCUT2D eigenvalue weighted by Crippen LogP contribution is 2.33. The van der Waals surface area contributed by atoms with Gasteiger partial charge in [-0.2, -0.15) is 0 Å². The molecule has 21 heavy (non-hydrogen) atoms. The van der Waals surface area contributed by atoms with E-state index in [0.29, 0.717) is 18.9 Å². The lowest BCUT2D eigenvalue weighted by atomic mass is 10.0. The predicted octanol–water partition coefficient (Wildman–Crippen LogP) is 1.57. The second kappa shape index (κ2) is 6.34. The first-order chi connectivity index (χ1) is 10.1. The van der Waals surface area contributed by atoms with E-state index in [4.69, 9.17) is 5.11 Å². The topological polar surface area (TPSA) is 60.9 Å². The molecule has 0 spiro atoms. The van der Waals surface area contributed by atoms with Crippen LogP contribution >= 0.6 is 0 Å². The molecule has 0 radical (unpaired) electrons. The number of aliphatic carboxylic acids is 1. The van der Waals surface area contributed by atoms with Gasteiger partial charge in [-0.1, -0.05) is 6.42 Å². The van der Waals surface area contributed by atoms with Gasteiger partial charge in [-0.3, -0.25) is 14.5 Å². The first kappa shape index (κ1) is 14.8. The number of amides is 1. The number of carboxylic acids is 1. The molecule has 3 atom stereocenters. The summed E-state index contributed by atoms with van der Waals surface area (Å²) in [6.07, 6.45) is 6.95. The van der Waals surface area contributed by atoms with Crippen LogP contribution in [0.25, 0.3) is 0 Å². The Hall–Kier alpha value is -1.10. The van der Waals surface area contributed by atoms with Gasteiger partial charge in [-0.25, -0.2) is 0 Å². The molecule has 0 aromatic carbocycles. The zero-order valence-corrected chi connectivity index (χ0v) is 12.7. The molecular weight excluding hydrogens is 268 g/mol. The van der Waals surface area contributed by atoms with E-state index in [9.17, 15) is 9.59 Å². The number of rotatable bonds is 3. The SMILES string of the molecule is O=C(O)[C@H]1CC[C@@H](C(=O)N2CCC(N3CCCCC3)C2)C1. The van der Waals surface area contributed by atoms with Crippen LogP contribution in [0.4, 0.5) is 0 Å². The summed E-state index contributed by atoms with van der Waals surface area (Å²) in [4.78, 5) is 28.1. The third-order valence-electron chi connectivity index (χ3n) is 5.51. The molecule has 2 aliphatic heterocycles. The molecule has 5 nitrogen and oxygen atoms in total. The maximum absolute atomic E-state index is 12.6. The van der Waals surface area contributed by atoms with Crippen molar-refractivity contribution in [1.82, 2.24) is 9.80 Å². The van der Waals surface area contributed by atoms with Crippen molar-refractivity contribution in [2.45, 2.75) is 51.0 Å². The number of nitrogens with zero attached hydrogens (tertiary/aromatic N) is 2. The maximum atomic E-state index is 12.6. The lowest BCUT2D eigenvalue weighted by Gasteiger charge is -2.32. The molecule has 0 aromatic rings. The quantitative estimate of drug-likeness (QED) is 0.858. The zero-order chi connectivity index (χ0) is 14.8. The highest BCUT2D eigenvalue weighted by molar-refractivity contribution is 5.81. The van der Waals surface area contributed by atoms with Crippen LogP contribution in [0.15, 0.2) is 0 Å². The van der Waals surface area contributed by atoms with E-state index in [1.54, 1.807) is 0 Å². The summed E-state index contributed by atoms with van der Waals surface area (Å²) in [5.41, 5.74) is 0. The van der Waals surface area contributed by atoms with Gasteiger partial charge in [-0.05, 0) is 51.6 Å². The number of hydrogen-bond donors (Lipinski definition) is 1. The van der Waals surface area contributed by atoms with Gasteiger partial charge >= 0.3 is 5.97 Å². The normalized spacial score (nSPS) is 34.3. The molecule has 0 bridgehead atoms. The Balaban J connectivity index is 1.51. The molecule has 118 valence electrons. The fourth-order valence-electron chi connectivity index (χ4n) is 4.21. The van der Waals surface area contributed by atoms with Crippen molar-refractivity contribution < 1.29 is 14.7 Å². The second-order valence-corrected chi connectivity index (χ2v) is 6.87. The molecule has 1 aliphatic carbocycles. The molecule has 1 N–H and O–H groups in total. The second-order valence-electron chi connectivity index (χ2n) is 6.87. The largest absolute Gasteiger partial charge is 0.481 e. The first-order valence-electron chi connectivity index (χ1n) is 8.41. The van der Waals surface area contributed by atoms with Crippen LogP contribution in [-0.4, -0.2) is 59.0 Å². The minimum Gasteiger partial charge on any atom is -0.481 e. The molecule has 3 fully saturated rings. The van der Waals surface area contributed by atoms with Gasteiger partial charge in [0.25, 0.3) is 0 Å². The number of carbonyl (C=O) groups excluding carboxylic acids is 1. The molecule has 3 aliphatic rings. The summed E-state index contributed by atoms with van der Waals surface area (Å²) >= 11 is 0. The average Bonchev–Trinajstić information content (AvgIpc) is 3.17. The van der Waals surface area contributed by atoms with Gasteiger partial charge in [0.1, 0.15) is 0 Å². The van der Waals surface area contributed by atoms with E-state index in [1.807, 2.05) is 4.90 Å². The van der Waals surface area contributed by atoms with Crippen LogP contribution in [0.3, 0.4) is 0 Å². The van der Waals surface area contributed by atoms with Crippen molar-refractivity contribution >= 4 is 11.9 Å². The van der Waals surface area contributed by atoms with Crippen LogP contribution in [0.1, 0.15) is 44.9 Å². The van der Waals surface area contributed by atoms with Crippen LogP contribution in [0.5, 0.6) is 0 Å². The molecule has 1 unspecified atom stereocenters. The number of carboxylic acid groups (broad SMARTS) is 1. The Morgan fingerprint density at radius 2 is 1.62 bits per heavy atom. The van der Waals surface area contributed by atoms with Crippen molar-refractivity contribution in [2.24, 2.45) is 11.8 Å². The monoisotopic (exact) mass is 294 g/mol. The number of carbonyl (C=O) groups is 2. The van der Waals surface area contributed by atoms with E-state index in [2.05, 4.69) is 4.90 Å².